The largest absolute Gasteiger partial charge is 0.303 e. The lowest BCUT2D eigenvalue weighted by Crippen LogP contribution is -2.51. The molecule has 0 saturated carbocycles. The van der Waals surface area contributed by atoms with Gasteiger partial charge in [-0.15, -0.1) is 0 Å². The third kappa shape index (κ3) is 2.86. The number of likely N-dealkylation sites (tertiary alicyclic amines) is 1. The fraction of sp³-hybridized carbons (Fsp3) is 0.875. The van der Waals surface area contributed by atoms with Crippen molar-refractivity contribution in [2.45, 2.75) is 76.5 Å². The molecule has 21 heavy (non-hydrogen) atoms. The van der Waals surface area contributed by atoms with Gasteiger partial charge >= 0.3 is 0 Å². The van der Waals surface area contributed by atoms with Crippen LogP contribution in [0.2, 0.25) is 0 Å². The normalized spacial score (nSPS) is 35.3. The molecule has 3 aliphatic heterocycles. The Balaban J connectivity index is 1.58. The van der Waals surface area contributed by atoms with Crippen LogP contribution in [0.5, 0.6) is 0 Å². The summed E-state index contributed by atoms with van der Waals surface area (Å²) in [6.45, 7) is 6.34. The fourth-order valence-corrected chi connectivity index (χ4v) is 4.09. The zero-order chi connectivity index (χ0) is 15.0. The molecule has 5 heteroatoms. The quantitative estimate of drug-likeness (QED) is 0.790. The van der Waals surface area contributed by atoms with Crippen molar-refractivity contribution in [3.8, 4) is 0 Å². The molecule has 3 saturated heterocycles. The van der Waals surface area contributed by atoms with Crippen molar-refractivity contribution in [1.29, 1.82) is 0 Å². The van der Waals surface area contributed by atoms with Crippen LogP contribution >= 0.6 is 0 Å². The molecule has 3 rings (SSSR count). The van der Waals surface area contributed by atoms with Crippen molar-refractivity contribution < 1.29 is 9.59 Å². The van der Waals surface area contributed by atoms with Crippen LogP contribution in [-0.2, 0) is 9.59 Å². The van der Waals surface area contributed by atoms with Gasteiger partial charge in [0.1, 0.15) is 0 Å². The predicted molar refractivity (Wildman–Crippen MR) is 80.8 cm³/mol. The van der Waals surface area contributed by atoms with Crippen LogP contribution in [0.25, 0.3) is 0 Å². The smallest absolute Gasteiger partial charge is 0.247 e. The topological polar surface area (TPSA) is 52.7 Å². The van der Waals surface area contributed by atoms with Crippen molar-refractivity contribution in [2.75, 3.05) is 13.1 Å². The molecule has 3 heterocycles. The highest BCUT2D eigenvalue weighted by atomic mass is 16.2. The van der Waals surface area contributed by atoms with Gasteiger partial charge in [-0.05, 0) is 52.1 Å². The molecule has 2 amide bonds. The van der Waals surface area contributed by atoms with Crippen LogP contribution in [0.3, 0.4) is 0 Å². The molecule has 0 bridgehead atoms. The Labute approximate surface area is 127 Å². The fourth-order valence-electron chi connectivity index (χ4n) is 4.09. The summed E-state index contributed by atoms with van der Waals surface area (Å²) in [5.74, 6) is -0.0200. The monoisotopic (exact) mass is 293 g/mol. The van der Waals surface area contributed by atoms with E-state index in [-0.39, 0.29) is 23.9 Å². The molecule has 118 valence electrons. The number of imide groups is 1. The van der Waals surface area contributed by atoms with Gasteiger partial charge in [0.05, 0.1) is 12.5 Å². The van der Waals surface area contributed by atoms with Gasteiger partial charge in [-0.25, -0.2) is 0 Å². The zero-order valence-electron chi connectivity index (χ0n) is 13.2. The molecule has 4 unspecified atom stereocenters. The summed E-state index contributed by atoms with van der Waals surface area (Å²) in [5, 5.41) is 3.48. The van der Waals surface area contributed by atoms with Gasteiger partial charge in [0.25, 0.3) is 0 Å². The number of piperidine rings is 1. The van der Waals surface area contributed by atoms with E-state index in [4.69, 9.17) is 0 Å². The van der Waals surface area contributed by atoms with Crippen LogP contribution in [0.4, 0.5) is 0 Å². The number of fused-ring (bicyclic) bond motifs is 1. The summed E-state index contributed by atoms with van der Waals surface area (Å²) in [7, 11) is 0. The second kappa shape index (κ2) is 6.05. The van der Waals surface area contributed by atoms with Gasteiger partial charge < -0.3 is 10.2 Å². The summed E-state index contributed by atoms with van der Waals surface area (Å²) >= 11 is 0. The molecule has 0 radical (unpaired) electrons. The van der Waals surface area contributed by atoms with E-state index in [0.717, 1.165) is 25.8 Å². The minimum absolute atomic E-state index is 0.00912. The average molecular weight is 293 g/mol. The summed E-state index contributed by atoms with van der Waals surface area (Å²) < 4.78 is 0. The van der Waals surface area contributed by atoms with E-state index in [9.17, 15) is 9.59 Å². The Morgan fingerprint density at radius 2 is 2.10 bits per heavy atom. The lowest BCUT2D eigenvalue weighted by atomic mass is 9.96. The molecule has 3 aliphatic rings. The first-order valence-electron chi connectivity index (χ1n) is 8.46. The third-order valence-electron chi connectivity index (χ3n) is 5.47. The van der Waals surface area contributed by atoms with Crippen molar-refractivity contribution in [3.63, 3.8) is 0 Å². The Kier molecular flexibility index (Phi) is 4.31. The first-order valence-corrected chi connectivity index (χ1v) is 8.46. The van der Waals surface area contributed by atoms with Gasteiger partial charge in [0.15, 0.2) is 0 Å². The average Bonchev–Trinajstić information content (AvgIpc) is 3.03. The number of hydrogen-bond acceptors (Lipinski definition) is 4. The minimum Gasteiger partial charge on any atom is -0.303 e. The molecule has 5 nitrogen and oxygen atoms in total. The second-order valence-electron chi connectivity index (χ2n) is 6.84. The van der Waals surface area contributed by atoms with E-state index in [1.54, 1.807) is 0 Å². The number of nitrogens with one attached hydrogen (secondary N) is 1. The first kappa shape index (κ1) is 15.0. The second-order valence-corrected chi connectivity index (χ2v) is 6.84. The molecule has 0 spiro atoms. The number of nitrogens with zero attached hydrogens (tertiary/aromatic N) is 2. The first-order chi connectivity index (χ1) is 10.1. The zero-order valence-corrected chi connectivity index (χ0v) is 13.2. The molecule has 0 aliphatic carbocycles. The molecule has 4 atom stereocenters. The van der Waals surface area contributed by atoms with Gasteiger partial charge in [-0.1, -0.05) is 6.92 Å². The number of carbonyl (C=O) groups excluding carboxylic acids is 2. The van der Waals surface area contributed by atoms with Crippen molar-refractivity contribution in [3.05, 3.63) is 0 Å². The van der Waals surface area contributed by atoms with Crippen LogP contribution < -0.4 is 5.32 Å². The Hall–Kier alpha value is -0.940. The third-order valence-corrected chi connectivity index (χ3v) is 5.47. The summed E-state index contributed by atoms with van der Waals surface area (Å²) in [4.78, 5) is 28.6. The van der Waals surface area contributed by atoms with Crippen LogP contribution in [-0.4, -0.2) is 58.9 Å². The molecular weight excluding hydrogens is 266 g/mol. The van der Waals surface area contributed by atoms with Crippen molar-refractivity contribution in [1.82, 2.24) is 15.1 Å². The van der Waals surface area contributed by atoms with E-state index in [1.165, 1.54) is 24.3 Å². The van der Waals surface area contributed by atoms with Gasteiger partial charge in [-0.3, -0.25) is 14.5 Å². The highest BCUT2D eigenvalue weighted by Crippen LogP contribution is 2.28. The SMILES string of the molecule is CCC(C)N1C(=O)CC(NC2CCN3CCCC3C2)C1=O. The van der Waals surface area contributed by atoms with Gasteiger partial charge in [0.2, 0.25) is 11.8 Å². The lowest BCUT2D eigenvalue weighted by molar-refractivity contribution is -0.141. The van der Waals surface area contributed by atoms with Crippen molar-refractivity contribution >= 4 is 11.8 Å². The molecule has 3 fully saturated rings. The Morgan fingerprint density at radius 3 is 2.86 bits per heavy atom. The highest BCUT2D eigenvalue weighted by molar-refractivity contribution is 6.05. The van der Waals surface area contributed by atoms with Crippen LogP contribution in [0.15, 0.2) is 0 Å². The van der Waals surface area contributed by atoms with E-state index in [1.807, 2.05) is 13.8 Å². The summed E-state index contributed by atoms with van der Waals surface area (Å²) in [5.41, 5.74) is 0. The summed E-state index contributed by atoms with van der Waals surface area (Å²) in [6, 6.07) is 0.815. The standard InChI is InChI=1S/C16H27N3O2/c1-3-11(2)19-15(20)10-14(16(19)21)17-12-6-8-18-7-4-5-13(18)9-12/h11-14,17H,3-10H2,1-2H3. The van der Waals surface area contributed by atoms with Gasteiger partial charge in [-0.2, -0.15) is 0 Å². The summed E-state index contributed by atoms with van der Waals surface area (Å²) in [6.07, 6.45) is 5.98. The van der Waals surface area contributed by atoms with E-state index in [2.05, 4.69) is 10.2 Å². The van der Waals surface area contributed by atoms with Crippen LogP contribution in [0.1, 0.15) is 52.4 Å². The molecule has 0 aromatic heterocycles. The number of carbonyl (C=O) groups is 2. The highest BCUT2D eigenvalue weighted by Gasteiger charge is 2.42. The number of hydrogen-bond donors (Lipinski definition) is 1. The minimum atomic E-state index is -0.288. The molecular formula is C16H27N3O2. The van der Waals surface area contributed by atoms with Gasteiger partial charge in [0, 0.05) is 18.1 Å². The van der Waals surface area contributed by atoms with Crippen molar-refractivity contribution in [2.24, 2.45) is 0 Å². The maximum atomic E-state index is 12.4. The maximum absolute atomic E-state index is 12.4. The number of rotatable bonds is 4. The predicted octanol–water partition coefficient (Wildman–Crippen LogP) is 1.13. The lowest BCUT2D eigenvalue weighted by Gasteiger charge is -2.36. The van der Waals surface area contributed by atoms with E-state index in [0.29, 0.717) is 18.5 Å². The molecule has 0 aromatic rings. The Morgan fingerprint density at radius 1 is 1.29 bits per heavy atom. The van der Waals surface area contributed by atoms with E-state index < -0.39 is 0 Å². The van der Waals surface area contributed by atoms with Crippen LogP contribution in [0, 0.1) is 0 Å². The Bertz CT molecular complexity index is 426. The molecule has 1 N–H and O–H groups in total. The maximum Gasteiger partial charge on any atom is 0.247 e. The van der Waals surface area contributed by atoms with E-state index >= 15 is 0 Å². The molecule has 0 aromatic carbocycles. The number of amides is 2.